The van der Waals surface area contributed by atoms with Gasteiger partial charge in [0.1, 0.15) is 0 Å². The molecule has 0 amide bonds. The third-order valence-corrected chi connectivity index (χ3v) is 3.44. The molecule has 98 valence electrons. The third kappa shape index (κ3) is 5.89. The SMILES string of the molecule is CC.CC(C)CN1CCC(C(C)(C)C)CC1. The van der Waals surface area contributed by atoms with Crippen molar-refractivity contribution in [3.05, 3.63) is 0 Å². The molecule has 1 rings (SSSR count). The molecule has 1 aliphatic rings. The van der Waals surface area contributed by atoms with Crippen LogP contribution in [0.3, 0.4) is 0 Å². The van der Waals surface area contributed by atoms with E-state index in [1.165, 1.54) is 32.5 Å². The summed E-state index contributed by atoms with van der Waals surface area (Å²) in [5, 5.41) is 0. The Morgan fingerprint density at radius 2 is 1.50 bits per heavy atom. The summed E-state index contributed by atoms with van der Waals surface area (Å²) in [6.45, 7) is 19.7. The molecule has 0 aromatic carbocycles. The van der Waals surface area contributed by atoms with E-state index in [0.29, 0.717) is 5.41 Å². The van der Waals surface area contributed by atoms with Crippen molar-refractivity contribution >= 4 is 0 Å². The van der Waals surface area contributed by atoms with Gasteiger partial charge in [0.25, 0.3) is 0 Å². The zero-order chi connectivity index (χ0) is 12.8. The van der Waals surface area contributed by atoms with Gasteiger partial charge in [-0.15, -0.1) is 0 Å². The molecule has 0 spiro atoms. The van der Waals surface area contributed by atoms with Crippen LogP contribution in [0.15, 0.2) is 0 Å². The van der Waals surface area contributed by atoms with Gasteiger partial charge in [0.2, 0.25) is 0 Å². The highest BCUT2D eigenvalue weighted by Gasteiger charge is 2.28. The average Bonchev–Trinajstić information content (AvgIpc) is 2.19. The van der Waals surface area contributed by atoms with Gasteiger partial charge in [-0.2, -0.15) is 0 Å². The molecule has 1 saturated heterocycles. The van der Waals surface area contributed by atoms with Crippen molar-refractivity contribution < 1.29 is 0 Å². The van der Waals surface area contributed by atoms with Crippen molar-refractivity contribution in [1.82, 2.24) is 4.90 Å². The first-order valence-corrected chi connectivity index (χ1v) is 7.12. The Labute approximate surface area is 104 Å². The summed E-state index contributed by atoms with van der Waals surface area (Å²) in [6.07, 6.45) is 2.80. The highest BCUT2D eigenvalue weighted by molar-refractivity contribution is 4.80. The smallest absolute Gasteiger partial charge is 0.000439 e. The van der Waals surface area contributed by atoms with Crippen LogP contribution in [-0.4, -0.2) is 24.5 Å². The lowest BCUT2D eigenvalue weighted by atomic mass is 9.75. The maximum atomic E-state index is 2.63. The van der Waals surface area contributed by atoms with Crippen LogP contribution in [0.25, 0.3) is 0 Å². The maximum absolute atomic E-state index is 2.63. The summed E-state index contributed by atoms with van der Waals surface area (Å²) >= 11 is 0. The summed E-state index contributed by atoms with van der Waals surface area (Å²) in [5.41, 5.74) is 0.518. The lowest BCUT2D eigenvalue weighted by Crippen LogP contribution is -2.39. The Balaban J connectivity index is 0.00000106. The van der Waals surface area contributed by atoms with Gasteiger partial charge in [-0.1, -0.05) is 48.5 Å². The molecule has 1 nitrogen and oxygen atoms in total. The van der Waals surface area contributed by atoms with E-state index in [1.54, 1.807) is 0 Å². The van der Waals surface area contributed by atoms with E-state index in [-0.39, 0.29) is 0 Å². The van der Waals surface area contributed by atoms with Crippen molar-refractivity contribution in [2.45, 2.75) is 61.3 Å². The van der Waals surface area contributed by atoms with Gasteiger partial charge in [0, 0.05) is 6.54 Å². The second kappa shape index (κ2) is 7.32. The third-order valence-electron chi connectivity index (χ3n) is 3.44. The van der Waals surface area contributed by atoms with Crippen molar-refractivity contribution in [2.24, 2.45) is 17.3 Å². The van der Waals surface area contributed by atoms with E-state index < -0.39 is 0 Å². The fourth-order valence-electron chi connectivity index (χ4n) is 2.50. The molecular formula is C15H33N. The normalized spacial score (nSPS) is 19.5. The minimum absolute atomic E-state index is 0.518. The Kier molecular flexibility index (Phi) is 7.30. The molecule has 0 bridgehead atoms. The molecule has 0 radical (unpaired) electrons. The van der Waals surface area contributed by atoms with Crippen molar-refractivity contribution in [1.29, 1.82) is 0 Å². The highest BCUT2D eigenvalue weighted by Crippen LogP contribution is 2.34. The molecule has 16 heavy (non-hydrogen) atoms. The topological polar surface area (TPSA) is 3.24 Å². The Bertz CT molecular complexity index is 159. The molecule has 1 heteroatoms. The number of rotatable bonds is 2. The predicted molar refractivity (Wildman–Crippen MR) is 74.8 cm³/mol. The van der Waals surface area contributed by atoms with E-state index in [9.17, 15) is 0 Å². The van der Waals surface area contributed by atoms with Crippen LogP contribution in [0.4, 0.5) is 0 Å². The summed E-state index contributed by atoms with van der Waals surface area (Å²) in [7, 11) is 0. The van der Waals surface area contributed by atoms with E-state index >= 15 is 0 Å². The molecule has 0 atom stereocenters. The number of likely N-dealkylation sites (tertiary alicyclic amines) is 1. The fraction of sp³-hybridized carbons (Fsp3) is 1.00. The van der Waals surface area contributed by atoms with Gasteiger partial charge in [-0.25, -0.2) is 0 Å². The number of hydrogen-bond acceptors (Lipinski definition) is 1. The molecule has 0 N–H and O–H groups in total. The molecule has 0 aromatic rings. The summed E-state index contributed by atoms with van der Waals surface area (Å²) in [6, 6.07) is 0. The first-order chi connectivity index (χ1) is 7.39. The maximum Gasteiger partial charge on any atom is 0.000439 e. The molecular weight excluding hydrogens is 194 g/mol. The highest BCUT2D eigenvalue weighted by atomic mass is 15.1. The molecule has 1 fully saturated rings. The van der Waals surface area contributed by atoms with Gasteiger partial charge in [0.05, 0.1) is 0 Å². The van der Waals surface area contributed by atoms with Gasteiger partial charge < -0.3 is 4.90 Å². The van der Waals surface area contributed by atoms with E-state index in [4.69, 9.17) is 0 Å². The second-order valence-electron chi connectivity index (χ2n) is 6.33. The number of hydrogen-bond donors (Lipinski definition) is 0. The minimum atomic E-state index is 0.518. The van der Waals surface area contributed by atoms with Gasteiger partial charge >= 0.3 is 0 Å². The lowest BCUT2D eigenvalue weighted by Gasteiger charge is -2.39. The van der Waals surface area contributed by atoms with Crippen molar-refractivity contribution in [3.8, 4) is 0 Å². The molecule has 1 heterocycles. The quantitative estimate of drug-likeness (QED) is 0.674. The van der Waals surface area contributed by atoms with Gasteiger partial charge in [0.15, 0.2) is 0 Å². The van der Waals surface area contributed by atoms with Crippen LogP contribution in [0.5, 0.6) is 0 Å². The molecule has 0 aliphatic carbocycles. The molecule has 1 aliphatic heterocycles. The van der Waals surface area contributed by atoms with Crippen molar-refractivity contribution in [2.75, 3.05) is 19.6 Å². The zero-order valence-corrected chi connectivity index (χ0v) is 12.6. The predicted octanol–water partition coefficient (Wildman–Crippen LogP) is 4.43. The monoisotopic (exact) mass is 227 g/mol. The average molecular weight is 227 g/mol. The molecule has 0 aromatic heterocycles. The summed E-state index contributed by atoms with van der Waals surface area (Å²) in [4.78, 5) is 2.63. The first-order valence-electron chi connectivity index (χ1n) is 7.12. The Morgan fingerprint density at radius 3 is 1.81 bits per heavy atom. The van der Waals surface area contributed by atoms with Crippen LogP contribution in [0, 0.1) is 17.3 Å². The van der Waals surface area contributed by atoms with Crippen LogP contribution in [0.1, 0.15) is 61.3 Å². The van der Waals surface area contributed by atoms with Crippen LogP contribution in [0.2, 0.25) is 0 Å². The summed E-state index contributed by atoms with van der Waals surface area (Å²) < 4.78 is 0. The van der Waals surface area contributed by atoms with E-state index in [0.717, 1.165) is 11.8 Å². The first kappa shape index (κ1) is 16.0. The Morgan fingerprint density at radius 1 is 1.06 bits per heavy atom. The van der Waals surface area contributed by atoms with Crippen LogP contribution in [-0.2, 0) is 0 Å². The fourth-order valence-corrected chi connectivity index (χ4v) is 2.50. The Hall–Kier alpha value is -0.0400. The van der Waals surface area contributed by atoms with Gasteiger partial charge in [-0.05, 0) is 43.2 Å². The molecule has 0 saturated carbocycles. The molecule has 0 unspecified atom stereocenters. The minimum Gasteiger partial charge on any atom is -0.303 e. The lowest BCUT2D eigenvalue weighted by molar-refractivity contribution is 0.104. The standard InChI is InChI=1S/C13H27N.C2H6/c1-11(2)10-14-8-6-12(7-9-14)13(3,4)5;1-2/h11-12H,6-10H2,1-5H3;1-2H3. The summed E-state index contributed by atoms with van der Waals surface area (Å²) in [5.74, 6) is 1.76. The van der Waals surface area contributed by atoms with E-state index in [2.05, 4.69) is 39.5 Å². The van der Waals surface area contributed by atoms with Crippen LogP contribution < -0.4 is 0 Å². The number of piperidine rings is 1. The van der Waals surface area contributed by atoms with Crippen molar-refractivity contribution in [3.63, 3.8) is 0 Å². The van der Waals surface area contributed by atoms with E-state index in [1.807, 2.05) is 13.8 Å². The largest absolute Gasteiger partial charge is 0.303 e. The number of nitrogens with zero attached hydrogens (tertiary/aromatic N) is 1. The zero-order valence-electron chi connectivity index (χ0n) is 12.6. The van der Waals surface area contributed by atoms with Gasteiger partial charge in [-0.3, -0.25) is 0 Å². The van der Waals surface area contributed by atoms with Crippen LogP contribution >= 0.6 is 0 Å². The second-order valence-corrected chi connectivity index (χ2v) is 6.33.